The number of aliphatic carboxylic acids is 1. The molecule has 2 aliphatic heterocycles. The number of alkyl halides is 3. The summed E-state index contributed by atoms with van der Waals surface area (Å²) in [5, 5.41) is 23.6. The van der Waals surface area contributed by atoms with Crippen LogP contribution in [0.25, 0.3) is 22.4 Å². The molecule has 200 valence electrons. The van der Waals surface area contributed by atoms with Crippen molar-refractivity contribution in [2.24, 2.45) is 11.1 Å². The molecule has 1 fully saturated rings. The van der Waals surface area contributed by atoms with Crippen molar-refractivity contribution in [3.05, 3.63) is 46.3 Å². The first-order chi connectivity index (χ1) is 18.0. The number of aromatic nitrogens is 7. The second-order valence-corrected chi connectivity index (χ2v) is 9.83. The summed E-state index contributed by atoms with van der Waals surface area (Å²) in [5.41, 5.74) is 10.3. The molecule has 0 amide bonds. The van der Waals surface area contributed by atoms with Crippen molar-refractivity contribution >= 4 is 46.2 Å². The molecule has 4 N–H and O–H groups in total. The number of halogens is 5. The van der Waals surface area contributed by atoms with Crippen molar-refractivity contribution in [3.63, 3.8) is 0 Å². The molecular formula is C22H20Cl2F3N9O2. The normalized spacial score (nSPS) is 18.4. The predicted octanol–water partition coefficient (Wildman–Crippen LogP) is 3.85. The molecule has 1 atom stereocenters. The molecule has 38 heavy (non-hydrogen) atoms. The van der Waals surface area contributed by atoms with Gasteiger partial charge < -0.3 is 15.7 Å². The third kappa shape index (κ3) is 4.63. The van der Waals surface area contributed by atoms with Crippen LogP contribution < -0.4 is 10.6 Å². The van der Waals surface area contributed by atoms with E-state index in [-0.39, 0.29) is 11.5 Å². The van der Waals surface area contributed by atoms with Crippen LogP contribution in [-0.2, 0) is 11.3 Å². The first-order valence-corrected chi connectivity index (χ1v) is 12.1. The fraction of sp³-hybridized carbons (Fsp3) is 0.364. The highest BCUT2D eigenvalue weighted by molar-refractivity contribution is 6.43. The number of nitrogens with two attached hydrogens (primary N) is 1. The summed E-state index contributed by atoms with van der Waals surface area (Å²) in [7, 11) is 0. The van der Waals surface area contributed by atoms with E-state index in [2.05, 4.69) is 30.4 Å². The van der Waals surface area contributed by atoms with Crippen molar-refractivity contribution < 1.29 is 23.1 Å². The van der Waals surface area contributed by atoms with E-state index in [1.807, 2.05) is 16.8 Å². The van der Waals surface area contributed by atoms with E-state index < -0.39 is 12.1 Å². The quantitative estimate of drug-likeness (QED) is 0.326. The number of carboxylic acids is 1. The molecule has 1 saturated heterocycles. The van der Waals surface area contributed by atoms with Crippen LogP contribution in [0.15, 0.2) is 30.6 Å². The first kappa shape index (κ1) is 26.1. The zero-order valence-electron chi connectivity index (χ0n) is 19.5. The largest absolute Gasteiger partial charge is 0.490 e. The Hall–Kier alpha value is -3.49. The van der Waals surface area contributed by atoms with E-state index >= 15 is 0 Å². The average molecular weight is 570 g/mol. The molecule has 2 aliphatic rings. The third-order valence-corrected chi connectivity index (χ3v) is 7.70. The van der Waals surface area contributed by atoms with Crippen molar-refractivity contribution in [1.29, 1.82) is 0 Å². The molecule has 6 rings (SSSR count). The van der Waals surface area contributed by atoms with Crippen LogP contribution in [0.5, 0.6) is 0 Å². The summed E-state index contributed by atoms with van der Waals surface area (Å²) >= 11 is 12.5. The number of hydrogen-bond donors (Lipinski definition) is 3. The fourth-order valence-corrected chi connectivity index (χ4v) is 5.20. The van der Waals surface area contributed by atoms with Gasteiger partial charge in [-0.25, -0.2) is 19.4 Å². The number of aromatic amines is 1. The number of anilines is 1. The smallest absolute Gasteiger partial charge is 0.475 e. The van der Waals surface area contributed by atoms with Crippen molar-refractivity contribution in [2.75, 3.05) is 18.0 Å². The van der Waals surface area contributed by atoms with Crippen LogP contribution in [0.3, 0.4) is 0 Å². The number of H-pyrrole nitrogens is 1. The highest BCUT2D eigenvalue weighted by atomic mass is 35.5. The number of carboxylic acid groups (broad SMARTS) is 1. The maximum absolute atomic E-state index is 10.6. The van der Waals surface area contributed by atoms with Crippen molar-refractivity contribution in [3.8, 4) is 11.3 Å². The van der Waals surface area contributed by atoms with E-state index in [0.29, 0.717) is 26.9 Å². The standard InChI is InChI=1S/C20H19Cl2N9.C2HF3O2/c21-12-3-1-2-11(15(12)22)16-17-19(28-27-16)26-14(9-24-17)30-6-4-20(5-7-30)10-31-13(18(20)23)8-25-29-31;3-2(4,5)1(6)7/h1-3,8-9,18H,4-7,10,23H2,(H,26,27,28);(H,6,7)/t18-;/m1./s1. The van der Waals surface area contributed by atoms with Crippen molar-refractivity contribution in [1.82, 2.24) is 35.2 Å². The minimum Gasteiger partial charge on any atom is -0.475 e. The Kier molecular flexibility index (Phi) is 6.65. The average Bonchev–Trinajstić information content (AvgIpc) is 3.57. The Morgan fingerprint density at radius 2 is 1.92 bits per heavy atom. The Morgan fingerprint density at radius 1 is 1.21 bits per heavy atom. The first-order valence-electron chi connectivity index (χ1n) is 11.3. The monoisotopic (exact) mass is 569 g/mol. The highest BCUT2D eigenvalue weighted by Gasteiger charge is 2.47. The van der Waals surface area contributed by atoms with Gasteiger partial charge in [0.1, 0.15) is 17.0 Å². The van der Waals surface area contributed by atoms with Crippen LogP contribution in [0.2, 0.25) is 10.0 Å². The summed E-state index contributed by atoms with van der Waals surface area (Å²) in [6.07, 6.45) is 0.418. The van der Waals surface area contributed by atoms with Gasteiger partial charge in [0.25, 0.3) is 0 Å². The molecule has 11 nitrogen and oxygen atoms in total. The number of nitrogens with zero attached hydrogens (tertiary/aromatic N) is 7. The molecule has 0 radical (unpaired) electrons. The highest BCUT2D eigenvalue weighted by Crippen LogP contribution is 2.47. The Balaban J connectivity index is 0.000000374. The molecule has 0 bridgehead atoms. The van der Waals surface area contributed by atoms with E-state index in [1.54, 1.807) is 18.5 Å². The number of rotatable bonds is 2. The molecule has 5 heterocycles. The van der Waals surface area contributed by atoms with Gasteiger partial charge in [-0.2, -0.15) is 18.3 Å². The molecular weight excluding hydrogens is 550 g/mol. The van der Waals surface area contributed by atoms with E-state index in [0.717, 1.165) is 49.6 Å². The fourth-order valence-electron chi connectivity index (χ4n) is 4.81. The number of fused-ring (bicyclic) bond motifs is 2. The van der Waals surface area contributed by atoms with Crippen LogP contribution in [0.1, 0.15) is 24.6 Å². The van der Waals surface area contributed by atoms with Gasteiger partial charge in [0.2, 0.25) is 0 Å². The summed E-state index contributed by atoms with van der Waals surface area (Å²) in [4.78, 5) is 20.6. The lowest BCUT2D eigenvalue weighted by Gasteiger charge is -2.41. The summed E-state index contributed by atoms with van der Waals surface area (Å²) < 4.78 is 33.7. The number of piperidine rings is 1. The van der Waals surface area contributed by atoms with Gasteiger partial charge in [0, 0.05) is 24.1 Å². The van der Waals surface area contributed by atoms with Gasteiger partial charge in [-0.15, -0.1) is 5.10 Å². The van der Waals surface area contributed by atoms with Gasteiger partial charge in [-0.05, 0) is 18.9 Å². The van der Waals surface area contributed by atoms with Crippen LogP contribution in [-0.4, -0.2) is 65.5 Å². The molecule has 0 saturated carbocycles. The van der Waals surface area contributed by atoms with Crippen LogP contribution in [0, 0.1) is 5.41 Å². The summed E-state index contributed by atoms with van der Waals surface area (Å²) in [5.74, 6) is -1.94. The van der Waals surface area contributed by atoms with Crippen LogP contribution in [0.4, 0.5) is 19.0 Å². The maximum Gasteiger partial charge on any atom is 0.490 e. The lowest BCUT2D eigenvalue weighted by Crippen LogP contribution is -2.45. The molecule has 1 aromatic carbocycles. The molecule has 0 unspecified atom stereocenters. The number of hydrogen-bond acceptors (Lipinski definition) is 8. The second kappa shape index (κ2) is 9.67. The Morgan fingerprint density at radius 3 is 2.58 bits per heavy atom. The molecule has 1 spiro atoms. The molecule has 0 aliphatic carbocycles. The second-order valence-electron chi connectivity index (χ2n) is 9.05. The summed E-state index contributed by atoms with van der Waals surface area (Å²) in [6, 6.07) is 5.42. The number of benzene rings is 1. The van der Waals surface area contributed by atoms with Crippen LogP contribution >= 0.6 is 23.2 Å². The Labute approximate surface area is 222 Å². The van der Waals surface area contributed by atoms with Gasteiger partial charge in [0.15, 0.2) is 5.65 Å². The molecule has 16 heteroatoms. The predicted molar refractivity (Wildman–Crippen MR) is 132 cm³/mol. The molecule has 4 aromatic rings. The minimum absolute atomic E-state index is 0.0315. The van der Waals surface area contributed by atoms with Gasteiger partial charge in [0.05, 0.1) is 40.7 Å². The SMILES string of the molecule is N[C@@H]1c2cnnn2CC12CCN(c1cnc3c(-c4cccc(Cl)c4Cl)n[nH]c3n1)CC2.O=C(O)C(F)(F)F. The molecule has 3 aromatic heterocycles. The topological polar surface area (TPSA) is 152 Å². The van der Waals surface area contributed by atoms with Crippen molar-refractivity contribution in [2.45, 2.75) is 31.6 Å². The lowest BCUT2D eigenvalue weighted by molar-refractivity contribution is -0.192. The van der Waals surface area contributed by atoms with Gasteiger partial charge in [-0.1, -0.05) is 40.5 Å². The summed E-state index contributed by atoms with van der Waals surface area (Å²) in [6.45, 7) is 2.53. The van der Waals surface area contributed by atoms with E-state index in [9.17, 15) is 13.2 Å². The number of nitrogens with one attached hydrogen (secondary N) is 1. The van der Waals surface area contributed by atoms with E-state index in [1.165, 1.54) is 0 Å². The van der Waals surface area contributed by atoms with E-state index in [4.69, 9.17) is 43.8 Å². The lowest BCUT2D eigenvalue weighted by atomic mass is 9.74. The van der Waals surface area contributed by atoms with Gasteiger partial charge >= 0.3 is 12.1 Å². The number of carbonyl (C=O) groups is 1. The zero-order valence-corrected chi connectivity index (χ0v) is 21.0. The minimum atomic E-state index is -5.08. The zero-order chi connectivity index (χ0) is 27.2. The maximum atomic E-state index is 10.6. The third-order valence-electron chi connectivity index (χ3n) is 6.88. The Bertz CT molecular complexity index is 1500. The van der Waals surface area contributed by atoms with Gasteiger partial charge in [-0.3, -0.25) is 5.10 Å².